The highest BCUT2D eigenvalue weighted by Crippen LogP contribution is 2.11. The molecule has 2 aromatic carbocycles. The van der Waals surface area contributed by atoms with Crippen LogP contribution in [0, 0.1) is 10.1 Å². The smallest absolute Gasteiger partial charge is 0.269 e. The lowest BCUT2D eigenvalue weighted by molar-refractivity contribution is -1.02. The predicted octanol–water partition coefficient (Wildman–Crippen LogP) is 0.0784. The summed E-state index contributed by atoms with van der Waals surface area (Å²) in [5.41, 5.74) is 2.75. The molecular formula is C18H23N3O2+2. The number of nitrogens with one attached hydrogen (secondary N) is 2. The zero-order chi connectivity index (χ0) is 16.1. The van der Waals surface area contributed by atoms with E-state index in [2.05, 4.69) is 30.3 Å². The van der Waals surface area contributed by atoms with Gasteiger partial charge in [0.15, 0.2) is 0 Å². The van der Waals surface area contributed by atoms with Gasteiger partial charge in [0.25, 0.3) is 5.69 Å². The summed E-state index contributed by atoms with van der Waals surface area (Å²) in [7, 11) is 0. The van der Waals surface area contributed by atoms with Crippen molar-refractivity contribution in [3.05, 3.63) is 75.8 Å². The number of benzene rings is 2. The summed E-state index contributed by atoms with van der Waals surface area (Å²) in [5, 5.41) is 10.7. The third-order valence-corrected chi connectivity index (χ3v) is 4.56. The average Bonchev–Trinajstić information content (AvgIpc) is 2.58. The Hall–Kier alpha value is -2.24. The first-order valence-electron chi connectivity index (χ1n) is 8.15. The Labute approximate surface area is 136 Å². The molecule has 120 valence electrons. The number of hydrogen-bond acceptors (Lipinski definition) is 2. The number of hydrogen-bond donors (Lipinski definition) is 2. The van der Waals surface area contributed by atoms with Crippen LogP contribution in [-0.4, -0.2) is 31.1 Å². The van der Waals surface area contributed by atoms with E-state index >= 15 is 0 Å². The highest BCUT2D eigenvalue weighted by atomic mass is 16.6. The maximum atomic E-state index is 10.7. The highest BCUT2D eigenvalue weighted by Gasteiger charge is 2.23. The fourth-order valence-electron chi connectivity index (χ4n) is 3.22. The molecule has 0 atom stereocenters. The van der Waals surface area contributed by atoms with Crippen molar-refractivity contribution in [1.29, 1.82) is 0 Å². The zero-order valence-corrected chi connectivity index (χ0v) is 13.2. The molecule has 2 N–H and O–H groups in total. The van der Waals surface area contributed by atoms with Gasteiger partial charge >= 0.3 is 0 Å². The van der Waals surface area contributed by atoms with Crippen molar-refractivity contribution >= 4 is 5.69 Å². The second-order valence-corrected chi connectivity index (χ2v) is 6.26. The minimum absolute atomic E-state index is 0.167. The summed E-state index contributed by atoms with van der Waals surface area (Å²) in [4.78, 5) is 13.5. The Kier molecular flexibility index (Phi) is 5.00. The molecule has 0 bridgehead atoms. The maximum Gasteiger partial charge on any atom is 0.269 e. The first-order valence-corrected chi connectivity index (χ1v) is 8.15. The molecule has 0 aromatic heterocycles. The zero-order valence-electron chi connectivity index (χ0n) is 13.2. The van der Waals surface area contributed by atoms with Crippen LogP contribution >= 0.6 is 0 Å². The number of nitro groups is 1. The molecule has 0 aliphatic carbocycles. The topological polar surface area (TPSA) is 52.0 Å². The van der Waals surface area contributed by atoms with Crippen LogP contribution in [0.2, 0.25) is 0 Å². The second kappa shape index (κ2) is 7.35. The van der Waals surface area contributed by atoms with Crippen LogP contribution in [-0.2, 0) is 13.1 Å². The minimum Gasteiger partial charge on any atom is -0.322 e. The van der Waals surface area contributed by atoms with Crippen molar-refractivity contribution in [2.75, 3.05) is 26.2 Å². The number of non-ortho nitro benzene ring substituents is 1. The molecule has 23 heavy (non-hydrogen) atoms. The average molecular weight is 313 g/mol. The van der Waals surface area contributed by atoms with E-state index in [0.717, 1.165) is 26.2 Å². The summed E-state index contributed by atoms with van der Waals surface area (Å²) in [5.74, 6) is 0. The van der Waals surface area contributed by atoms with Crippen molar-refractivity contribution in [3.63, 3.8) is 0 Å². The molecular weight excluding hydrogens is 290 g/mol. The largest absolute Gasteiger partial charge is 0.322 e. The van der Waals surface area contributed by atoms with Gasteiger partial charge in [-0.1, -0.05) is 30.3 Å². The van der Waals surface area contributed by atoms with E-state index in [4.69, 9.17) is 0 Å². The molecule has 3 rings (SSSR count). The van der Waals surface area contributed by atoms with Crippen molar-refractivity contribution in [2.45, 2.75) is 13.1 Å². The van der Waals surface area contributed by atoms with Crippen molar-refractivity contribution in [2.24, 2.45) is 0 Å². The fourth-order valence-corrected chi connectivity index (χ4v) is 3.22. The van der Waals surface area contributed by atoms with Gasteiger partial charge in [0.1, 0.15) is 39.3 Å². The van der Waals surface area contributed by atoms with Gasteiger partial charge in [-0.25, -0.2) is 0 Å². The molecule has 5 nitrogen and oxygen atoms in total. The summed E-state index contributed by atoms with van der Waals surface area (Å²) < 4.78 is 0. The van der Waals surface area contributed by atoms with E-state index in [1.165, 1.54) is 24.2 Å². The van der Waals surface area contributed by atoms with Crippen LogP contribution in [0.4, 0.5) is 5.69 Å². The Morgan fingerprint density at radius 2 is 1.26 bits per heavy atom. The maximum absolute atomic E-state index is 10.7. The normalized spacial score (nSPS) is 21.0. The van der Waals surface area contributed by atoms with Gasteiger partial charge < -0.3 is 9.80 Å². The first-order chi connectivity index (χ1) is 11.2. The van der Waals surface area contributed by atoms with Gasteiger partial charge in [-0.15, -0.1) is 0 Å². The SMILES string of the molecule is O=[N+]([O-])c1ccc(C[NH+]2CC[NH+](Cc3ccccc3)CC2)cc1. The van der Waals surface area contributed by atoms with Crippen LogP contribution in [0.15, 0.2) is 54.6 Å². The van der Waals surface area contributed by atoms with E-state index in [1.807, 2.05) is 12.1 Å². The number of quaternary nitrogens is 2. The Morgan fingerprint density at radius 3 is 1.74 bits per heavy atom. The van der Waals surface area contributed by atoms with E-state index in [-0.39, 0.29) is 10.6 Å². The molecule has 1 aliphatic heterocycles. The molecule has 1 heterocycles. The quantitative estimate of drug-likeness (QED) is 0.607. The van der Waals surface area contributed by atoms with Gasteiger partial charge in [-0.3, -0.25) is 10.1 Å². The lowest BCUT2D eigenvalue weighted by Crippen LogP contribution is -3.27. The molecule has 0 amide bonds. The summed E-state index contributed by atoms with van der Waals surface area (Å²) in [6.07, 6.45) is 0. The number of nitro benzene ring substituents is 1. The Balaban J connectivity index is 1.48. The molecule has 0 saturated carbocycles. The van der Waals surface area contributed by atoms with E-state index < -0.39 is 0 Å². The van der Waals surface area contributed by atoms with Crippen molar-refractivity contribution in [1.82, 2.24) is 0 Å². The fraction of sp³-hybridized carbons (Fsp3) is 0.333. The van der Waals surface area contributed by atoms with Crippen molar-refractivity contribution in [3.8, 4) is 0 Å². The Morgan fingerprint density at radius 1 is 0.783 bits per heavy atom. The van der Waals surface area contributed by atoms with Crippen LogP contribution in [0.25, 0.3) is 0 Å². The van der Waals surface area contributed by atoms with Gasteiger partial charge in [0.05, 0.1) is 4.92 Å². The monoisotopic (exact) mass is 313 g/mol. The standard InChI is InChI=1S/C18H21N3O2/c22-21(23)18-8-6-17(7-9-18)15-20-12-10-19(11-13-20)14-16-4-2-1-3-5-16/h1-9H,10-15H2/p+2. The predicted molar refractivity (Wildman–Crippen MR) is 88.3 cm³/mol. The number of rotatable bonds is 5. The molecule has 1 saturated heterocycles. The molecule has 0 unspecified atom stereocenters. The molecule has 2 aromatic rings. The highest BCUT2D eigenvalue weighted by molar-refractivity contribution is 5.32. The summed E-state index contributed by atoms with van der Waals surface area (Å²) in [6, 6.07) is 17.6. The lowest BCUT2D eigenvalue weighted by Gasteiger charge is -2.29. The summed E-state index contributed by atoms with van der Waals surface area (Å²) >= 11 is 0. The lowest BCUT2D eigenvalue weighted by atomic mass is 10.1. The second-order valence-electron chi connectivity index (χ2n) is 6.26. The van der Waals surface area contributed by atoms with Gasteiger partial charge in [0, 0.05) is 23.3 Å². The molecule has 5 heteroatoms. The molecule has 0 radical (unpaired) electrons. The third-order valence-electron chi connectivity index (χ3n) is 4.56. The van der Waals surface area contributed by atoms with Crippen LogP contribution < -0.4 is 9.80 Å². The third kappa shape index (κ3) is 4.37. The van der Waals surface area contributed by atoms with Gasteiger partial charge in [-0.05, 0) is 12.1 Å². The van der Waals surface area contributed by atoms with E-state index in [0.29, 0.717) is 0 Å². The molecule has 1 aliphatic rings. The molecule has 0 spiro atoms. The van der Waals surface area contributed by atoms with Crippen LogP contribution in [0.1, 0.15) is 11.1 Å². The van der Waals surface area contributed by atoms with Crippen LogP contribution in [0.3, 0.4) is 0 Å². The van der Waals surface area contributed by atoms with Crippen molar-refractivity contribution < 1.29 is 14.7 Å². The number of nitrogens with zero attached hydrogens (tertiary/aromatic N) is 1. The number of piperazine rings is 1. The minimum atomic E-state index is -0.345. The van der Waals surface area contributed by atoms with Gasteiger partial charge in [-0.2, -0.15) is 0 Å². The van der Waals surface area contributed by atoms with E-state index in [1.54, 1.807) is 21.9 Å². The van der Waals surface area contributed by atoms with E-state index in [9.17, 15) is 10.1 Å². The van der Waals surface area contributed by atoms with Crippen LogP contribution in [0.5, 0.6) is 0 Å². The first kappa shape index (κ1) is 15.6. The summed E-state index contributed by atoms with van der Waals surface area (Å²) in [6.45, 7) is 6.72. The molecule has 1 fully saturated rings. The van der Waals surface area contributed by atoms with Gasteiger partial charge in [0.2, 0.25) is 0 Å². The Bertz CT molecular complexity index is 635.